The zero-order chi connectivity index (χ0) is 17.7. The number of hydrogen-bond acceptors (Lipinski definition) is 4. The maximum atomic E-state index is 11.8. The number of benzene rings is 1. The summed E-state index contributed by atoms with van der Waals surface area (Å²) in [6, 6.07) is 5.23. The number of halogens is 1. The van der Waals surface area contributed by atoms with Gasteiger partial charge in [-0.25, -0.2) is 4.79 Å². The molecule has 5 heteroatoms. The van der Waals surface area contributed by atoms with Crippen LogP contribution in [0.15, 0.2) is 18.2 Å². The van der Waals surface area contributed by atoms with Crippen molar-refractivity contribution < 1.29 is 9.53 Å². The Kier molecular flexibility index (Phi) is 6.53. The Morgan fingerprint density at radius 3 is 2.58 bits per heavy atom. The molecule has 24 heavy (non-hydrogen) atoms. The molecule has 1 fully saturated rings. The zero-order valence-corrected chi connectivity index (χ0v) is 15.9. The Morgan fingerprint density at radius 1 is 1.33 bits per heavy atom. The quantitative estimate of drug-likeness (QED) is 0.795. The van der Waals surface area contributed by atoms with E-state index in [1.54, 1.807) is 25.1 Å². The predicted octanol–water partition coefficient (Wildman–Crippen LogP) is 4.44. The minimum absolute atomic E-state index is 0.246. The number of anilines is 1. The second kappa shape index (κ2) is 8.21. The van der Waals surface area contributed by atoms with Crippen LogP contribution in [-0.4, -0.2) is 42.6 Å². The Labute approximate surface area is 150 Å². The molecule has 0 saturated carbocycles. The summed E-state index contributed by atoms with van der Waals surface area (Å²) in [5.74, 6) is 0.321. The fourth-order valence-electron chi connectivity index (χ4n) is 3.06. The molecular formula is C19H29ClN2O2. The number of nitrogens with zero attached hydrogens (tertiary/aromatic N) is 1. The number of likely N-dealkylation sites (tertiary alicyclic amines) is 1. The lowest BCUT2D eigenvalue weighted by atomic mass is 9.93. The highest BCUT2D eigenvalue weighted by Gasteiger charge is 2.26. The van der Waals surface area contributed by atoms with Gasteiger partial charge in [0.25, 0.3) is 0 Å². The third-order valence-electron chi connectivity index (χ3n) is 4.62. The van der Waals surface area contributed by atoms with E-state index in [1.807, 2.05) is 0 Å². The lowest BCUT2D eigenvalue weighted by Gasteiger charge is -2.41. The van der Waals surface area contributed by atoms with Crippen LogP contribution in [0.25, 0.3) is 0 Å². The first-order valence-corrected chi connectivity index (χ1v) is 9.14. The lowest BCUT2D eigenvalue weighted by molar-refractivity contribution is 0.0526. The SMILES string of the molecule is CCOC(=O)c1ccc(Cl)c(NCC2CCN(C(C)(C)C)CC2)c1. The average Bonchev–Trinajstić information content (AvgIpc) is 2.54. The van der Waals surface area contributed by atoms with E-state index < -0.39 is 0 Å². The molecule has 0 spiro atoms. The van der Waals surface area contributed by atoms with Gasteiger partial charge in [-0.05, 0) is 77.7 Å². The monoisotopic (exact) mass is 352 g/mol. The lowest BCUT2D eigenvalue weighted by Crippen LogP contribution is -2.46. The van der Waals surface area contributed by atoms with Crippen LogP contribution in [0.4, 0.5) is 5.69 Å². The third kappa shape index (κ3) is 5.12. The summed E-state index contributed by atoms with van der Waals surface area (Å²) in [7, 11) is 0. The van der Waals surface area contributed by atoms with Crippen molar-refractivity contribution >= 4 is 23.3 Å². The molecule has 1 heterocycles. The van der Waals surface area contributed by atoms with Crippen molar-refractivity contribution in [1.29, 1.82) is 0 Å². The molecule has 1 aromatic carbocycles. The molecule has 0 aromatic heterocycles. The van der Waals surface area contributed by atoms with Gasteiger partial charge in [-0.3, -0.25) is 4.90 Å². The molecule has 1 N–H and O–H groups in total. The summed E-state index contributed by atoms with van der Waals surface area (Å²) in [6.07, 6.45) is 2.36. The first kappa shape index (κ1) is 19.1. The zero-order valence-electron chi connectivity index (χ0n) is 15.2. The van der Waals surface area contributed by atoms with Gasteiger partial charge in [0.05, 0.1) is 22.9 Å². The van der Waals surface area contributed by atoms with Gasteiger partial charge in [0.2, 0.25) is 0 Å². The van der Waals surface area contributed by atoms with E-state index in [4.69, 9.17) is 16.3 Å². The topological polar surface area (TPSA) is 41.6 Å². The second-order valence-electron chi connectivity index (χ2n) is 7.40. The molecule has 0 amide bonds. The summed E-state index contributed by atoms with van der Waals surface area (Å²) >= 11 is 6.26. The number of carbonyl (C=O) groups excluding carboxylic acids is 1. The second-order valence-corrected chi connectivity index (χ2v) is 7.80. The van der Waals surface area contributed by atoms with Crippen LogP contribution in [0.2, 0.25) is 5.02 Å². The highest BCUT2D eigenvalue weighted by Crippen LogP contribution is 2.27. The van der Waals surface area contributed by atoms with E-state index in [9.17, 15) is 4.79 Å². The molecular weight excluding hydrogens is 324 g/mol. The smallest absolute Gasteiger partial charge is 0.338 e. The van der Waals surface area contributed by atoms with Gasteiger partial charge in [-0.2, -0.15) is 0 Å². The minimum atomic E-state index is -0.310. The standard InChI is InChI=1S/C19H29ClN2O2/c1-5-24-18(23)15-6-7-16(20)17(12-15)21-13-14-8-10-22(11-9-14)19(2,3)4/h6-7,12,14,21H,5,8-11,13H2,1-4H3. The number of esters is 1. The van der Waals surface area contributed by atoms with Gasteiger partial charge in [0, 0.05) is 12.1 Å². The van der Waals surface area contributed by atoms with Crippen molar-refractivity contribution in [1.82, 2.24) is 4.90 Å². The maximum Gasteiger partial charge on any atom is 0.338 e. The summed E-state index contributed by atoms with van der Waals surface area (Å²) in [4.78, 5) is 14.4. The van der Waals surface area contributed by atoms with E-state index in [0.717, 1.165) is 25.3 Å². The Morgan fingerprint density at radius 2 is 2.00 bits per heavy atom. The van der Waals surface area contributed by atoms with Crippen LogP contribution >= 0.6 is 11.6 Å². The van der Waals surface area contributed by atoms with E-state index in [2.05, 4.69) is 31.0 Å². The molecule has 0 bridgehead atoms. The van der Waals surface area contributed by atoms with Crippen LogP contribution < -0.4 is 5.32 Å². The normalized spacial score (nSPS) is 16.9. The number of ether oxygens (including phenoxy) is 1. The molecule has 2 rings (SSSR count). The van der Waals surface area contributed by atoms with Crippen LogP contribution in [0, 0.1) is 5.92 Å². The first-order valence-electron chi connectivity index (χ1n) is 8.77. The van der Waals surface area contributed by atoms with Crippen molar-refractivity contribution in [2.24, 2.45) is 5.92 Å². The number of carbonyl (C=O) groups is 1. The molecule has 0 atom stereocenters. The van der Waals surface area contributed by atoms with E-state index >= 15 is 0 Å². The van der Waals surface area contributed by atoms with Crippen molar-refractivity contribution in [3.63, 3.8) is 0 Å². The molecule has 0 unspecified atom stereocenters. The highest BCUT2D eigenvalue weighted by molar-refractivity contribution is 6.33. The number of nitrogens with one attached hydrogen (secondary N) is 1. The van der Waals surface area contributed by atoms with Crippen LogP contribution in [0.1, 0.15) is 50.9 Å². The Hall–Kier alpha value is -1.26. The average molecular weight is 353 g/mol. The van der Waals surface area contributed by atoms with Crippen molar-refractivity contribution in [2.45, 2.75) is 46.1 Å². The summed E-state index contributed by atoms with van der Waals surface area (Å²) in [5.41, 5.74) is 1.59. The van der Waals surface area contributed by atoms with E-state index in [0.29, 0.717) is 23.1 Å². The molecule has 0 radical (unpaired) electrons. The molecule has 1 aliphatic heterocycles. The summed E-state index contributed by atoms with van der Waals surface area (Å²) < 4.78 is 5.05. The predicted molar refractivity (Wildman–Crippen MR) is 99.9 cm³/mol. The molecule has 1 saturated heterocycles. The number of rotatable bonds is 5. The third-order valence-corrected chi connectivity index (χ3v) is 4.95. The molecule has 1 aromatic rings. The highest BCUT2D eigenvalue weighted by atomic mass is 35.5. The van der Waals surface area contributed by atoms with Crippen LogP contribution in [-0.2, 0) is 4.74 Å². The number of piperidine rings is 1. The van der Waals surface area contributed by atoms with Gasteiger partial charge < -0.3 is 10.1 Å². The minimum Gasteiger partial charge on any atom is -0.462 e. The molecule has 134 valence electrons. The molecule has 1 aliphatic rings. The first-order chi connectivity index (χ1) is 11.3. The Bertz CT molecular complexity index is 561. The largest absolute Gasteiger partial charge is 0.462 e. The Balaban J connectivity index is 1.91. The molecule has 4 nitrogen and oxygen atoms in total. The maximum absolute atomic E-state index is 11.8. The fourth-order valence-corrected chi connectivity index (χ4v) is 3.25. The van der Waals surface area contributed by atoms with Gasteiger partial charge in [-0.1, -0.05) is 11.6 Å². The van der Waals surface area contributed by atoms with Crippen molar-refractivity contribution in [3.05, 3.63) is 28.8 Å². The van der Waals surface area contributed by atoms with E-state index in [1.165, 1.54) is 12.8 Å². The van der Waals surface area contributed by atoms with Crippen LogP contribution in [0.5, 0.6) is 0 Å². The van der Waals surface area contributed by atoms with Gasteiger partial charge in [-0.15, -0.1) is 0 Å². The molecule has 0 aliphatic carbocycles. The van der Waals surface area contributed by atoms with Crippen molar-refractivity contribution in [2.75, 3.05) is 31.6 Å². The van der Waals surface area contributed by atoms with E-state index in [-0.39, 0.29) is 11.5 Å². The number of hydrogen-bond donors (Lipinski definition) is 1. The fraction of sp³-hybridized carbons (Fsp3) is 0.632. The summed E-state index contributed by atoms with van der Waals surface area (Å²) in [6.45, 7) is 12.1. The van der Waals surface area contributed by atoms with Crippen LogP contribution in [0.3, 0.4) is 0 Å². The van der Waals surface area contributed by atoms with Gasteiger partial charge >= 0.3 is 5.97 Å². The van der Waals surface area contributed by atoms with Gasteiger partial charge in [0.15, 0.2) is 0 Å². The summed E-state index contributed by atoms with van der Waals surface area (Å²) in [5, 5.41) is 4.05. The van der Waals surface area contributed by atoms with Gasteiger partial charge in [0.1, 0.15) is 0 Å². The van der Waals surface area contributed by atoms with Crippen molar-refractivity contribution in [3.8, 4) is 0 Å².